The van der Waals surface area contributed by atoms with Crippen LogP contribution in [0.5, 0.6) is 0 Å². The number of hydrogen-bond acceptors (Lipinski definition) is 3. The highest BCUT2D eigenvalue weighted by atomic mass is 32.2. The highest BCUT2D eigenvalue weighted by molar-refractivity contribution is 8.00. The molecule has 0 aromatic rings. The van der Waals surface area contributed by atoms with E-state index in [0.29, 0.717) is 11.8 Å². The van der Waals surface area contributed by atoms with Gasteiger partial charge in [0.05, 0.1) is 5.60 Å². The first-order valence-corrected chi connectivity index (χ1v) is 8.09. The summed E-state index contributed by atoms with van der Waals surface area (Å²) in [6.45, 7) is 1.13. The number of thioether (sulfide) groups is 1. The molecule has 3 N–H and O–H groups in total. The van der Waals surface area contributed by atoms with Gasteiger partial charge in [-0.3, -0.25) is 0 Å². The lowest BCUT2D eigenvalue weighted by Crippen LogP contribution is -2.48. The molecule has 0 spiro atoms. The van der Waals surface area contributed by atoms with Gasteiger partial charge in [-0.15, -0.1) is 0 Å². The second kappa shape index (κ2) is 6.66. The van der Waals surface area contributed by atoms with Gasteiger partial charge in [-0.25, -0.2) is 4.79 Å². The number of urea groups is 1. The molecule has 2 aliphatic rings. The van der Waals surface area contributed by atoms with Gasteiger partial charge >= 0.3 is 6.03 Å². The number of hydrogen-bond donors (Lipinski definition) is 3. The molecule has 5 heteroatoms. The van der Waals surface area contributed by atoms with Crippen LogP contribution in [0.3, 0.4) is 0 Å². The van der Waals surface area contributed by atoms with Gasteiger partial charge in [-0.2, -0.15) is 11.8 Å². The normalized spacial score (nSPS) is 26.8. The van der Waals surface area contributed by atoms with Crippen molar-refractivity contribution in [3.05, 3.63) is 0 Å². The van der Waals surface area contributed by atoms with Crippen molar-refractivity contribution in [2.24, 2.45) is 0 Å². The van der Waals surface area contributed by atoms with Gasteiger partial charge < -0.3 is 15.7 Å². The van der Waals surface area contributed by atoms with Crippen LogP contribution in [-0.2, 0) is 0 Å². The Kier molecular flexibility index (Phi) is 5.18. The van der Waals surface area contributed by atoms with Crippen molar-refractivity contribution in [2.45, 2.75) is 55.8 Å². The van der Waals surface area contributed by atoms with E-state index in [0.717, 1.165) is 32.2 Å². The minimum absolute atomic E-state index is 0.138. The Morgan fingerprint density at radius 2 is 2.00 bits per heavy atom. The van der Waals surface area contributed by atoms with E-state index in [1.165, 1.54) is 25.0 Å². The molecular weight excluding hydrogens is 248 g/mol. The molecule has 2 rings (SSSR count). The molecule has 4 nitrogen and oxygen atoms in total. The standard InChI is InChI=1S/C13H24N2O2S/c16-12(14-9-11-5-4-8-18-11)15-10-13(17)6-2-1-3-7-13/h11,17H,1-10H2,(H2,14,15,16). The van der Waals surface area contributed by atoms with Crippen LogP contribution >= 0.6 is 11.8 Å². The average molecular weight is 272 g/mol. The molecule has 1 unspecified atom stereocenters. The van der Waals surface area contributed by atoms with Crippen LogP contribution in [0, 0.1) is 0 Å². The quantitative estimate of drug-likeness (QED) is 0.732. The summed E-state index contributed by atoms with van der Waals surface area (Å²) in [5.41, 5.74) is -0.669. The predicted octanol–water partition coefficient (Wildman–Crippen LogP) is 1.88. The molecule has 0 aromatic heterocycles. The summed E-state index contributed by atoms with van der Waals surface area (Å²) in [7, 11) is 0. The van der Waals surface area contributed by atoms with E-state index in [2.05, 4.69) is 10.6 Å². The smallest absolute Gasteiger partial charge is 0.314 e. The Hall–Kier alpha value is -0.420. The summed E-state index contributed by atoms with van der Waals surface area (Å²) >= 11 is 1.94. The van der Waals surface area contributed by atoms with E-state index in [4.69, 9.17) is 0 Å². The minimum Gasteiger partial charge on any atom is -0.388 e. The lowest BCUT2D eigenvalue weighted by atomic mass is 9.85. The second-order valence-electron chi connectivity index (χ2n) is 5.48. The third-order valence-electron chi connectivity index (χ3n) is 3.88. The molecule has 1 aliphatic heterocycles. The first-order chi connectivity index (χ1) is 8.68. The molecule has 2 amide bonds. The largest absolute Gasteiger partial charge is 0.388 e. The number of amides is 2. The SMILES string of the molecule is O=C(NCC1CCCS1)NCC1(O)CCCCC1. The second-order valence-corrected chi connectivity index (χ2v) is 6.89. The number of nitrogens with one attached hydrogen (secondary N) is 2. The first kappa shape index (κ1) is 14.0. The Morgan fingerprint density at radius 1 is 1.22 bits per heavy atom. The molecular formula is C13H24N2O2S. The maximum Gasteiger partial charge on any atom is 0.314 e. The van der Waals surface area contributed by atoms with E-state index in [9.17, 15) is 9.90 Å². The highest BCUT2D eigenvalue weighted by Gasteiger charge is 2.29. The van der Waals surface area contributed by atoms with E-state index < -0.39 is 5.60 Å². The van der Waals surface area contributed by atoms with Crippen molar-refractivity contribution >= 4 is 17.8 Å². The number of rotatable bonds is 4. The molecule has 1 atom stereocenters. The van der Waals surface area contributed by atoms with Crippen LogP contribution in [-0.4, -0.2) is 40.8 Å². The third kappa shape index (κ3) is 4.35. The third-order valence-corrected chi connectivity index (χ3v) is 5.27. The van der Waals surface area contributed by atoms with Crippen LogP contribution in [0.2, 0.25) is 0 Å². The van der Waals surface area contributed by atoms with E-state index in [1.807, 2.05) is 11.8 Å². The summed E-state index contributed by atoms with van der Waals surface area (Å²) in [6, 6.07) is -0.138. The highest BCUT2D eigenvalue weighted by Crippen LogP contribution is 2.27. The fourth-order valence-electron chi connectivity index (χ4n) is 2.71. The molecule has 1 saturated heterocycles. The maximum absolute atomic E-state index is 11.6. The van der Waals surface area contributed by atoms with E-state index in [1.54, 1.807) is 0 Å². The van der Waals surface area contributed by atoms with Crippen molar-refractivity contribution in [3.63, 3.8) is 0 Å². The molecule has 1 saturated carbocycles. The van der Waals surface area contributed by atoms with Gasteiger partial charge in [0, 0.05) is 18.3 Å². The number of carbonyl (C=O) groups is 1. The molecule has 104 valence electrons. The number of aliphatic hydroxyl groups is 1. The summed E-state index contributed by atoms with van der Waals surface area (Å²) in [4.78, 5) is 11.6. The van der Waals surface area contributed by atoms with Crippen molar-refractivity contribution in [2.75, 3.05) is 18.8 Å². The Labute approximate surface area is 113 Å². The van der Waals surface area contributed by atoms with Crippen LogP contribution in [0.15, 0.2) is 0 Å². The van der Waals surface area contributed by atoms with Gasteiger partial charge in [-0.1, -0.05) is 19.3 Å². The van der Waals surface area contributed by atoms with Crippen LogP contribution in [0.25, 0.3) is 0 Å². The lowest BCUT2D eigenvalue weighted by Gasteiger charge is -2.32. The zero-order valence-electron chi connectivity index (χ0n) is 10.9. The lowest BCUT2D eigenvalue weighted by molar-refractivity contribution is 0.00720. The molecule has 18 heavy (non-hydrogen) atoms. The summed E-state index contributed by atoms with van der Waals surface area (Å²) in [5.74, 6) is 1.22. The predicted molar refractivity (Wildman–Crippen MR) is 74.9 cm³/mol. The summed E-state index contributed by atoms with van der Waals surface area (Å²) in [6.07, 6.45) is 7.43. The van der Waals surface area contributed by atoms with Crippen molar-refractivity contribution in [1.29, 1.82) is 0 Å². The topological polar surface area (TPSA) is 61.4 Å². The van der Waals surface area contributed by atoms with Gasteiger partial charge in [0.15, 0.2) is 0 Å². The number of carbonyl (C=O) groups excluding carboxylic acids is 1. The minimum atomic E-state index is -0.669. The molecule has 1 aliphatic carbocycles. The summed E-state index contributed by atoms with van der Waals surface area (Å²) < 4.78 is 0. The summed E-state index contributed by atoms with van der Waals surface area (Å²) in [5, 5.41) is 16.5. The van der Waals surface area contributed by atoms with Crippen LogP contribution in [0.4, 0.5) is 4.79 Å². The van der Waals surface area contributed by atoms with E-state index >= 15 is 0 Å². The van der Waals surface area contributed by atoms with Gasteiger partial charge in [0.2, 0.25) is 0 Å². The van der Waals surface area contributed by atoms with Gasteiger partial charge in [-0.05, 0) is 31.4 Å². The van der Waals surface area contributed by atoms with Crippen molar-refractivity contribution < 1.29 is 9.90 Å². The molecule has 2 fully saturated rings. The van der Waals surface area contributed by atoms with Crippen LogP contribution in [0.1, 0.15) is 44.9 Å². The monoisotopic (exact) mass is 272 g/mol. The van der Waals surface area contributed by atoms with E-state index in [-0.39, 0.29) is 6.03 Å². The fraction of sp³-hybridized carbons (Fsp3) is 0.923. The Balaban J connectivity index is 1.61. The molecule has 0 radical (unpaired) electrons. The Bertz CT molecular complexity index is 274. The van der Waals surface area contributed by atoms with Gasteiger partial charge in [0.1, 0.15) is 0 Å². The van der Waals surface area contributed by atoms with Gasteiger partial charge in [0.25, 0.3) is 0 Å². The zero-order valence-corrected chi connectivity index (χ0v) is 11.7. The fourth-order valence-corrected chi connectivity index (χ4v) is 3.91. The van der Waals surface area contributed by atoms with Crippen molar-refractivity contribution in [1.82, 2.24) is 10.6 Å². The Morgan fingerprint density at radius 3 is 2.67 bits per heavy atom. The zero-order chi connectivity index (χ0) is 12.8. The first-order valence-electron chi connectivity index (χ1n) is 7.04. The molecule has 1 heterocycles. The van der Waals surface area contributed by atoms with Crippen molar-refractivity contribution in [3.8, 4) is 0 Å². The van der Waals surface area contributed by atoms with Crippen LogP contribution < -0.4 is 10.6 Å². The maximum atomic E-state index is 11.6. The average Bonchev–Trinajstić information content (AvgIpc) is 2.88. The molecule has 0 bridgehead atoms. The molecule has 0 aromatic carbocycles.